The molecule has 2 aliphatic rings. The molecule has 2 unspecified atom stereocenters. The van der Waals surface area contributed by atoms with E-state index in [0.29, 0.717) is 13.0 Å². The van der Waals surface area contributed by atoms with Crippen LogP contribution in [0.25, 0.3) is 0 Å². The Morgan fingerprint density at radius 3 is 2.62 bits per heavy atom. The third-order valence-electron chi connectivity index (χ3n) is 4.27. The van der Waals surface area contributed by atoms with Gasteiger partial charge in [0, 0.05) is 6.54 Å². The Morgan fingerprint density at radius 2 is 2.00 bits per heavy atom. The van der Waals surface area contributed by atoms with E-state index in [1.165, 1.54) is 0 Å². The van der Waals surface area contributed by atoms with E-state index in [4.69, 9.17) is 0 Å². The van der Waals surface area contributed by atoms with Crippen LogP contribution in [0.15, 0.2) is 30.3 Å². The Kier molecular flexibility index (Phi) is 3.16. The highest BCUT2D eigenvalue weighted by molar-refractivity contribution is 6.07. The van der Waals surface area contributed by atoms with Crippen molar-refractivity contribution in [1.29, 1.82) is 0 Å². The number of hydrogen-bond donors (Lipinski definition) is 2. The van der Waals surface area contributed by atoms with Gasteiger partial charge in [-0.25, -0.2) is 4.79 Å². The fourth-order valence-corrected chi connectivity index (χ4v) is 2.97. The average molecular weight is 287 g/mol. The zero-order chi connectivity index (χ0) is 15.0. The molecule has 21 heavy (non-hydrogen) atoms. The van der Waals surface area contributed by atoms with Gasteiger partial charge in [0.1, 0.15) is 5.54 Å². The molecule has 0 aromatic heterocycles. The molecular formula is C15H17N3O3. The number of amides is 4. The quantitative estimate of drug-likeness (QED) is 0.782. The molecule has 2 atom stereocenters. The summed E-state index contributed by atoms with van der Waals surface area (Å²) in [6.45, 7) is 2.57. The monoisotopic (exact) mass is 287 g/mol. The van der Waals surface area contributed by atoms with Gasteiger partial charge in [0.2, 0.25) is 5.91 Å². The summed E-state index contributed by atoms with van der Waals surface area (Å²) < 4.78 is 0. The van der Waals surface area contributed by atoms with Gasteiger partial charge in [-0.1, -0.05) is 30.3 Å². The number of likely N-dealkylation sites (tertiary alicyclic amines) is 1. The Morgan fingerprint density at radius 1 is 1.29 bits per heavy atom. The number of nitrogens with one attached hydrogen (secondary N) is 2. The number of urea groups is 1. The molecule has 2 aliphatic heterocycles. The van der Waals surface area contributed by atoms with Crippen molar-refractivity contribution in [2.45, 2.75) is 24.8 Å². The lowest BCUT2D eigenvalue weighted by atomic mass is 9.98. The first-order valence-corrected chi connectivity index (χ1v) is 6.99. The summed E-state index contributed by atoms with van der Waals surface area (Å²) in [6.07, 6.45) is 0.456. The van der Waals surface area contributed by atoms with Gasteiger partial charge in [0.25, 0.3) is 5.91 Å². The molecule has 0 aliphatic carbocycles. The van der Waals surface area contributed by atoms with Crippen molar-refractivity contribution in [2.75, 3.05) is 13.1 Å². The number of imide groups is 1. The third-order valence-corrected chi connectivity index (χ3v) is 4.27. The summed E-state index contributed by atoms with van der Waals surface area (Å²) in [5.41, 5.74) is 0.00624. The predicted octanol–water partition coefficient (Wildman–Crippen LogP) is 0.601. The fourth-order valence-electron chi connectivity index (χ4n) is 2.97. The highest BCUT2D eigenvalue weighted by Gasteiger charge is 2.51. The predicted molar refractivity (Wildman–Crippen MR) is 75.5 cm³/mol. The van der Waals surface area contributed by atoms with E-state index in [-0.39, 0.29) is 24.3 Å². The summed E-state index contributed by atoms with van der Waals surface area (Å²) in [5, 5.41) is 4.89. The maximum atomic E-state index is 12.6. The second-order valence-corrected chi connectivity index (χ2v) is 5.63. The molecular weight excluding hydrogens is 270 g/mol. The second-order valence-electron chi connectivity index (χ2n) is 5.63. The molecule has 110 valence electrons. The Balaban J connectivity index is 1.73. The zero-order valence-electron chi connectivity index (χ0n) is 11.8. The smallest absolute Gasteiger partial charge is 0.322 e. The minimum Gasteiger partial charge on any atom is -0.339 e. The molecule has 2 saturated heterocycles. The summed E-state index contributed by atoms with van der Waals surface area (Å²) in [4.78, 5) is 37.4. The molecule has 2 heterocycles. The van der Waals surface area contributed by atoms with Gasteiger partial charge in [-0.2, -0.15) is 0 Å². The number of carbonyl (C=O) groups is 3. The van der Waals surface area contributed by atoms with Crippen LogP contribution in [0.5, 0.6) is 0 Å². The Labute approximate surface area is 122 Å². The number of benzene rings is 1. The zero-order valence-corrected chi connectivity index (χ0v) is 11.8. The van der Waals surface area contributed by atoms with Crippen LogP contribution >= 0.6 is 0 Å². The highest BCUT2D eigenvalue weighted by atomic mass is 16.2. The number of hydrogen-bond acceptors (Lipinski definition) is 3. The van der Waals surface area contributed by atoms with Crippen molar-refractivity contribution in [1.82, 2.24) is 15.5 Å². The molecule has 1 aromatic carbocycles. The van der Waals surface area contributed by atoms with Crippen molar-refractivity contribution in [3.8, 4) is 0 Å². The normalized spacial score (nSPS) is 25.9. The molecule has 1 spiro atoms. The number of carbonyl (C=O) groups excluding carboxylic acids is 3. The minimum absolute atomic E-state index is 0.0213. The minimum atomic E-state index is -0.941. The van der Waals surface area contributed by atoms with E-state index < -0.39 is 11.6 Å². The van der Waals surface area contributed by atoms with Gasteiger partial charge in [0.05, 0.1) is 12.5 Å². The Hall–Kier alpha value is -2.37. The summed E-state index contributed by atoms with van der Waals surface area (Å²) in [5.74, 6) is -0.622. The van der Waals surface area contributed by atoms with E-state index in [1.54, 1.807) is 4.90 Å². The third kappa shape index (κ3) is 2.26. The van der Waals surface area contributed by atoms with Crippen LogP contribution in [0.1, 0.15) is 24.8 Å². The summed E-state index contributed by atoms with van der Waals surface area (Å²) in [6, 6.07) is 9.05. The highest BCUT2D eigenvalue weighted by Crippen LogP contribution is 2.27. The van der Waals surface area contributed by atoms with Crippen molar-refractivity contribution in [3.05, 3.63) is 35.9 Å². The van der Waals surface area contributed by atoms with Gasteiger partial charge in [0.15, 0.2) is 0 Å². The van der Waals surface area contributed by atoms with Gasteiger partial charge < -0.3 is 10.2 Å². The maximum Gasteiger partial charge on any atom is 0.322 e. The van der Waals surface area contributed by atoms with Crippen LogP contribution < -0.4 is 10.6 Å². The average Bonchev–Trinajstić information content (AvgIpc) is 3.03. The largest absolute Gasteiger partial charge is 0.339 e. The molecule has 1 aromatic rings. The molecule has 2 fully saturated rings. The van der Waals surface area contributed by atoms with Crippen LogP contribution in [-0.4, -0.2) is 41.4 Å². The van der Waals surface area contributed by atoms with Crippen LogP contribution in [0, 0.1) is 0 Å². The first kappa shape index (κ1) is 13.6. The van der Waals surface area contributed by atoms with Crippen LogP contribution in [-0.2, 0) is 9.59 Å². The second kappa shape index (κ2) is 4.87. The van der Waals surface area contributed by atoms with E-state index in [2.05, 4.69) is 10.6 Å². The van der Waals surface area contributed by atoms with Crippen molar-refractivity contribution < 1.29 is 14.4 Å². The van der Waals surface area contributed by atoms with Crippen molar-refractivity contribution in [3.63, 3.8) is 0 Å². The summed E-state index contributed by atoms with van der Waals surface area (Å²) >= 11 is 0. The van der Waals surface area contributed by atoms with Gasteiger partial charge in [-0.15, -0.1) is 0 Å². The van der Waals surface area contributed by atoms with E-state index >= 15 is 0 Å². The van der Waals surface area contributed by atoms with Gasteiger partial charge in [-0.3, -0.25) is 14.9 Å². The molecule has 4 amide bonds. The first-order valence-electron chi connectivity index (χ1n) is 6.99. The molecule has 2 N–H and O–H groups in total. The van der Waals surface area contributed by atoms with Gasteiger partial charge >= 0.3 is 6.03 Å². The SMILES string of the molecule is CC(C(=O)N1CCC2(C1)NC(=O)NC2=O)c1ccccc1. The Bertz CT molecular complexity index is 601. The molecule has 6 heteroatoms. The molecule has 6 nitrogen and oxygen atoms in total. The molecule has 0 saturated carbocycles. The number of nitrogens with zero attached hydrogens (tertiary/aromatic N) is 1. The van der Waals surface area contributed by atoms with Crippen LogP contribution in [0.3, 0.4) is 0 Å². The van der Waals surface area contributed by atoms with E-state index in [0.717, 1.165) is 5.56 Å². The van der Waals surface area contributed by atoms with Crippen LogP contribution in [0.2, 0.25) is 0 Å². The standard InChI is InChI=1S/C15H17N3O3/c1-10(11-5-3-2-4-6-11)12(19)18-8-7-15(9-18)13(20)16-14(21)17-15/h2-6,10H,7-9H2,1H3,(H2,16,17,20,21). The van der Waals surface area contributed by atoms with Crippen LogP contribution in [0.4, 0.5) is 4.79 Å². The van der Waals surface area contributed by atoms with E-state index in [1.807, 2.05) is 37.3 Å². The lowest BCUT2D eigenvalue weighted by Crippen LogP contribution is -2.50. The number of rotatable bonds is 2. The lowest BCUT2D eigenvalue weighted by molar-refractivity contribution is -0.132. The molecule has 0 bridgehead atoms. The summed E-state index contributed by atoms with van der Waals surface area (Å²) in [7, 11) is 0. The fraction of sp³-hybridized carbons (Fsp3) is 0.400. The van der Waals surface area contributed by atoms with Crippen molar-refractivity contribution >= 4 is 17.8 Å². The maximum absolute atomic E-state index is 12.6. The molecule has 3 rings (SSSR count). The van der Waals surface area contributed by atoms with Crippen molar-refractivity contribution in [2.24, 2.45) is 0 Å². The van der Waals surface area contributed by atoms with Gasteiger partial charge in [-0.05, 0) is 18.9 Å². The van der Waals surface area contributed by atoms with E-state index in [9.17, 15) is 14.4 Å². The lowest BCUT2D eigenvalue weighted by Gasteiger charge is -2.23. The molecule has 0 radical (unpaired) electrons. The topological polar surface area (TPSA) is 78.5 Å². The first-order chi connectivity index (χ1) is 10.0.